The fraction of sp³-hybridized carbons (Fsp3) is 0.588. The van der Waals surface area contributed by atoms with Gasteiger partial charge in [0, 0.05) is 51.9 Å². The average Bonchev–Trinajstić information content (AvgIpc) is 2.59. The third kappa shape index (κ3) is 6.25. The molecule has 0 spiro atoms. The lowest BCUT2D eigenvalue weighted by Crippen LogP contribution is -2.52. The fourth-order valence-electron chi connectivity index (χ4n) is 2.56. The Morgan fingerprint density at radius 2 is 2.04 bits per heavy atom. The van der Waals surface area contributed by atoms with Gasteiger partial charge in [0.15, 0.2) is 0 Å². The van der Waals surface area contributed by atoms with E-state index in [1.54, 1.807) is 7.11 Å². The summed E-state index contributed by atoms with van der Waals surface area (Å²) in [6.07, 6.45) is 0.735. The van der Waals surface area contributed by atoms with E-state index in [1.807, 2.05) is 24.3 Å². The van der Waals surface area contributed by atoms with Gasteiger partial charge in [0.2, 0.25) is 0 Å². The number of methoxy groups -OCH3 is 1. The number of piperazine rings is 1. The molecule has 1 aromatic rings. The van der Waals surface area contributed by atoms with Gasteiger partial charge in [-0.1, -0.05) is 6.07 Å². The molecule has 1 fully saturated rings. The molecule has 0 unspecified atom stereocenters. The van der Waals surface area contributed by atoms with Crippen molar-refractivity contribution in [1.29, 1.82) is 0 Å². The van der Waals surface area contributed by atoms with Gasteiger partial charge in [0.05, 0.1) is 13.2 Å². The molecule has 1 aliphatic heterocycles. The highest BCUT2D eigenvalue weighted by Crippen LogP contribution is 2.20. The minimum absolute atomic E-state index is 0.128. The molecule has 2 rings (SSSR count). The number of hydrogen-bond acceptors (Lipinski definition) is 5. The smallest absolute Gasteiger partial charge is 0.407 e. The molecule has 1 aromatic carbocycles. The van der Waals surface area contributed by atoms with Crippen molar-refractivity contribution in [2.24, 2.45) is 0 Å². The molecule has 0 aromatic heterocycles. The normalized spacial score (nSPS) is 17.5. The summed E-state index contributed by atoms with van der Waals surface area (Å²) in [6.45, 7) is 3.53. The summed E-state index contributed by atoms with van der Waals surface area (Å²) < 4.78 is 16.4. The first-order chi connectivity index (χ1) is 11.7. The number of amides is 1. The first kappa shape index (κ1) is 18.4. The minimum Gasteiger partial charge on any atom is -0.493 e. The first-order valence-corrected chi connectivity index (χ1v) is 8.25. The summed E-state index contributed by atoms with van der Waals surface area (Å²) in [5, 5.41) is 12.4. The SMILES string of the molecule is COCCCOc1cccc(OCC[C@@H]2CN(C(=O)O)CCN2)c1. The molecule has 1 aliphatic rings. The highest BCUT2D eigenvalue weighted by Gasteiger charge is 2.22. The van der Waals surface area contributed by atoms with Crippen LogP contribution in [-0.4, -0.2) is 68.7 Å². The van der Waals surface area contributed by atoms with Crippen molar-refractivity contribution >= 4 is 6.09 Å². The second kappa shape index (κ2) is 10.00. The molecule has 1 amide bonds. The molecular formula is C17H26N2O5. The van der Waals surface area contributed by atoms with Crippen LogP contribution in [0.1, 0.15) is 12.8 Å². The number of hydrogen-bond donors (Lipinski definition) is 2. The summed E-state index contributed by atoms with van der Waals surface area (Å²) in [5.41, 5.74) is 0. The van der Waals surface area contributed by atoms with Crippen LogP contribution in [0.2, 0.25) is 0 Å². The van der Waals surface area contributed by atoms with E-state index in [0.717, 1.165) is 24.3 Å². The standard InChI is InChI=1S/C17H26N2O5/c1-22-9-3-10-23-15-4-2-5-16(12-15)24-11-6-14-13-19(17(20)21)8-7-18-14/h2,4-5,12,14,18H,3,6-11,13H2,1H3,(H,20,21)/t14-/m1/s1. The minimum atomic E-state index is -0.860. The molecule has 2 N–H and O–H groups in total. The third-order valence-corrected chi connectivity index (χ3v) is 3.83. The number of rotatable bonds is 9. The number of benzene rings is 1. The van der Waals surface area contributed by atoms with Crippen LogP contribution >= 0.6 is 0 Å². The van der Waals surface area contributed by atoms with E-state index in [4.69, 9.17) is 19.3 Å². The zero-order valence-corrected chi connectivity index (χ0v) is 14.1. The lowest BCUT2D eigenvalue weighted by molar-refractivity contribution is 0.124. The molecule has 0 saturated carbocycles. The molecule has 0 aliphatic carbocycles. The van der Waals surface area contributed by atoms with Crippen molar-refractivity contribution in [2.45, 2.75) is 18.9 Å². The van der Waals surface area contributed by atoms with Crippen molar-refractivity contribution in [3.05, 3.63) is 24.3 Å². The van der Waals surface area contributed by atoms with E-state index in [-0.39, 0.29) is 6.04 Å². The molecule has 7 heteroatoms. The van der Waals surface area contributed by atoms with Crippen LogP contribution in [0.15, 0.2) is 24.3 Å². The summed E-state index contributed by atoms with van der Waals surface area (Å²) in [6, 6.07) is 7.67. The Kier molecular flexibility index (Phi) is 7.64. The Labute approximate surface area is 142 Å². The molecule has 24 heavy (non-hydrogen) atoms. The van der Waals surface area contributed by atoms with Crippen LogP contribution in [0, 0.1) is 0 Å². The second-order valence-corrected chi connectivity index (χ2v) is 5.69. The van der Waals surface area contributed by atoms with E-state index < -0.39 is 6.09 Å². The highest BCUT2D eigenvalue weighted by molar-refractivity contribution is 5.65. The zero-order valence-electron chi connectivity index (χ0n) is 14.1. The van der Waals surface area contributed by atoms with Gasteiger partial charge in [0.1, 0.15) is 11.5 Å². The van der Waals surface area contributed by atoms with Gasteiger partial charge in [-0.3, -0.25) is 0 Å². The fourth-order valence-corrected chi connectivity index (χ4v) is 2.56. The van der Waals surface area contributed by atoms with Gasteiger partial charge in [0.25, 0.3) is 0 Å². The van der Waals surface area contributed by atoms with Crippen LogP contribution in [0.3, 0.4) is 0 Å². The predicted octanol–water partition coefficient (Wildman–Crippen LogP) is 1.82. The number of nitrogens with zero attached hydrogens (tertiary/aromatic N) is 1. The van der Waals surface area contributed by atoms with Crippen LogP contribution in [0.4, 0.5) is 4.79 Å². The predicted molar refractivity (Wildman–Crippen MR) is 89.9 cm³/mol. The van der Waals surface area contributed by atoms with Crippen molar-refractivity contribution in [1.82, 2.24) is 10.2 Å². The Balaban J connectivity index is 1.71. The van der Waals surface area contributed by atoms with Crippen molar-refractivity contribution in [3.8, 4) is 11.5 Å². The zero-order chi connectivity index (χ0) is 17.2. The molecule has 1 atom stereocenters. The maximum atomic E-state index is 11.0. The summed E-state index contributed by atoms with van der Waals surface area (Å²) >= 11 is 0. The number of carboxylic acid groups (broad SMARTS) is 1. The molecular weight excluding hydrogens is 312 g/mol. The first-order valence-electron chi connectivity index (χ1n) is 8.25. The maximum Gasteiger partial charge on any atom is 0.407 e. The summed E-state index contributed by atoms with van der Waals surface area (Å²) in [4.78, 5) is 12.4. The highest BCUT2D eigenvalue weighted by atomic mass is 16.5. The van der Waals surface area contributed by atoms with E-state index in [2.05, 4.69) is 5.32 Å². The Bertz CT molecular complexity index is 512. The molecule has 134 valence electrons. The van der Waals surface area contributed by atoms with Gasteiger partial charge >= 0.3 is 6.09 Å². The quantitative estimate of drug-likeness (QED) is 0.669. The Hall–Kier alpha value is -1.99. The van der Waals surface area contributed by atoms with E-state index >= 15 is 0 Å². The van der Waals surface area contributed by atoms with E-state index in [1.165, 1.54) is 4.90 Å². The van der Waals surface area contributed by atoms with Crippen LogP contribution < -0.4 is 14.8 Å². The molecule has 1 saturated heterocycles. The average molecular weight is 338 g/mol. The van der Waals surface area contributed by atoms with Crippen molar-refractivity contribution < 1.29 is 24.1 Å². The number of nitrogens with one attached hydrogen (secondary N) is 1. The second-order valence-electron chi connectivity index (χ2n) is 5.69. The third-order valence-electron chi connectivity index (χ3n) is 3.83. The molecule has 0 bridgehead atoms. The Morgan fingerprint density at radius 1 is 1.29 bits per heavy atom. The largest absolute Gasteiger partial charge is 0.493 e. The molecule has 7 nitrogen and oxygen atoms in total. The van der Waals surface area contributed by atoms with E-state index in [9.17, 15) is 4.79 Å². The number of ether oxygens (including phenoxy) is 3. The monoisotopic (exact) mass is 338 g/mol. The molecule has 1 heterocycles. The summed E-state index contributed by atoms with van der Waals surface area (Å²) in [5.74, 6) is 1.53. The van der Waals surface area contributed by atoms with Gasteiger partial charge in [-0.05, 0) is 18.6 Å². The van der Waals surface area contributed by atoms with Crippen LogP contribution in [0.5, 0.6) is 11.5 Å². The van der Waals surface area contributed by atoms with Crippen LogP contribution in [-0.2, 0) is 4.74 Å². The van der Waals surface area contributed by atoms with Gasteiger partial charge in [-0.25, -0.2) is 4.79 Å². The molecule has 0 radical (unpaired) electrons. The summed E-state index contributed by atoms with van der Waals surface area (Å²) in [7, 11) is 1.67. The Morgan fingerprint density at radius 3 is 2.75 bits per heavy atom. The lowest BCUT2D eigenvalue weighted by Gasteiger charge is -2.31. The van der Waals surface area contributed by atoms with E-state index in [0.29, 0.717) is 39.5 Å². The number of carbonyl (C=O) groups is 1. The maximum absolute atomic E-state index is 11.0. The van der Waals surface area contributed by atoms with Crippen molar-refractivity contribution in [3.63, 3.8) is 0 Å². The lowest BCUT2D eigenvalue weighted by atomic mass is 10.1. The topological polar surface area (TPSA) is 80.3 Å². The van der Waals surface area contributed by atoms with Crippen molar-refractivity contribution in [2.75, 3.05) is 46.6 Å². The van der Waals surface area contributed by atoms with Gasteiger partial charge < -0.3 is 29.5 Å². The van der Waals surface area contributed by atoms with Gasteiger partial charge in [-0.15, -0.1) is 0 Å². The van der Waals surface area contributed by atoms with Gasteiger partial charge in [-0.2, -0.15) is 0 Å². The van der Waals surface area contributed by atoms with Crippen LogP contribution in [0.25, 0.3) is 0 Å².